The van der Waals surface area contributed by atoms with Crippen LogP contribution in [0, 0.1) is 11.3 Å². The van der Waals surface area contributed by atoms with Crippen molar-refractivity contribution in [2.24, 2.45) is 11.3 Å². The van der Waals surface area contributed by atoms with Crippen LogP contribution in [0.5, 0.6) is 0 Å². The minimum atomic E-state index is 0.155. The molecule has 0 aromatic heterocycles. The van der Waals surface area contributed by atoms with Crippen molar-refractivity contribution in [2.45, 2.75) is 32.2 Å². The Morgan fingerprint density at radius 1 is 1.64 bits per heavy atom. The second kappa shape index (κ2) is 2.31. The van der Waals surface area contributed by atoms with Crippen LogP contribution in [-0.2, 0) is 4.79 Å². The molecule has 0 aromatic carbocycles. The topological polar surface area (TPSA) is 29.1 Å². The van der Waals surface area contributed by atoms with Gasteiger partial charge in [-0.3, -0.25) is 0 Å². The van der Waals surface area contributed by atoms with Crippen molar-refractivity contribution >= 4 is 6.29 Å². The molecular weight excluding hydrogens is 138 g/mol. The first-order valence-electron chi connectivity index (χ1n) is 4.45. The Morgan fingerprint density at radius 3 is 3.18 bits per heavy atom. The lowest BCUT2D eigenvalue weighted by Crippen LogP contribution is -2.28. The number of carbonyl (C=O) groups is 1. The summed E-state index contributed by atoms with van der Waals surface area (Å²) >= 11 is 0. The highest BCUT2D eigenvalue weighted by Crippen LogP contribution is 2.47. The van der Waals surface area contributed by atoms with Gasteiger partial charge in [-0.25, -0.2) is 0 Å². The Balaban J connectivity index is 2.19. The van der Waals surface area contributed by atoms with Crippen molar-refractivity contribution in [2.75, 3.05) is 6.54 Å². The molecule has 2 aliphatic rings. The Hall–Kier alpha value is -0.370. The van der Waals surface area contributed by atoms with E-state index in [1.54, 1.807) is 0 Å². The first-order chi connectivity index (χ1) is 5.26. The first kappa shape index (κ1) is 7.29. The van der Waals surface area contributed by atoms with Gasteiger partial charge in [-0.05, 0) is 24.2 Å². The molecule has 1 aliphatic heterocycles. The summed E-state index contributed by atoms with van der Waals surface area (Å²) in [7, 11) is 0. The van der Waals surface area contributed by atoms with Gasteiger partial charge in [0.05, 0.1) is 6.04 Å². The largest absolute Gasteiger partial charge is 0.307 e. The highest BCUT2D eigenvalue weighted by molar-refractivity contribution is 5.59. The zero-order chi connectivity index (χ0) is 7.90. The normalized spacial score (nSPS) is 49.2. The standard InChI is InChI=1S/C9H15NO/c1-9-4-2-3-7(9)8(5-11)10-6-9/h5,7-8,10H,2-4,6H2,1H3. The maximum Gasteiger partial charge on any atom is 0.137 e. The smallest absolute Gasteiger partial charge is 0.137 e. The van der Waals surface area contributed by atoms with Gasteiger partial charge in [-0.1, -0.05) is 13.3 Å². The van der Waals surface area contributed by atoms with E-state index in [-0.39, 0.29) is 6.04 Å². The van der Waals surface area contributed by atoms with E-state index in [0.29, 0.717) is 11.3 Å². The Bertz CT molecular complexity index is 180. The van der Waals surface area contributed by atoms with Gasteiger partial charge >= 0.3 is 0 Å². The molecule has 2 heteroatoms. The average Bonchev–Trinajstić information content (AvgIpc) is 2.45. The summed E-state index contributed by atoms with van der Waals surface area (Å²) in [5, 5.41) is 3.28. The van der Waals surface area contributed by atoms with Gasteiger partial charge in [0.15, 0.2) is 0 Å². The second-order valence-electron chi connectivity index (χ2n) is 4.20. The molecule has 0 amide bonds. The zero-order valence-electron chi connectivity index (χ0n) is 6.97. The molecule has 2 nitrogen and oxygen atoms in total. The van der Waals surface area contributed by atoms with E-state index in [2.05, 4.69) is 12.2 Å². The Labute approximate surface area is 67.4 Å². The van der Waals surface area contributed by atoms with Crippen LogP contribution in [0.1, 0.15) is 26.2 Å². The predicted molar refractivity (Wildman–Crippen MR) is 43.3 cm³/mol. The lowest BCUT2D eigenvalue weighted by molar-refractivity contribution is -0.110. The number of rotatable bonds is 1. The molecule has 1 saturated heterocycles. The highest BCUT2D eigenvalue weighted by Gasteiger charge is 2.47. The summed E-state index contributed by atoms with van der Waals surface area (Å²) in [6.45, 7) is 3.35. The van der Waals surface area contributed by atoms with Crippen LogP contribution in [-0.4, -0.2) is 18.9 Å². The summed E-state index contributed by atoms with van der Waals surface area (Å²) in [6, 6.07) is 0.155. The van der Waals surface area contributed by atoms with Gasteiger partial charge in [0.1, 0.15) is 6.29 Å². The third kappa shape index (κ3) is 0.924. The molecule has 3 unspecified atom stereocenters. The fraction of sp³-hybridized carbons (Fsp3) is 0.889. The molecule has 62 valence electrons. The van der Waals surface area contributed by atoms with E-state index in [4.69, 9.17) is 0 Å². The fourth-order valence-corrected chi connectivity index (χ4v) is 2.73. The highest BCUT2D eigenvalue weighted by atomic mass is 16.1. The fourth-order valence-electron chi connectivity index (χ4n) is 2.73. The number of hydrogen-bond donors (Lipinski definition) is 1. The van der Waals surface area contributed by atoms with Crippen LogP contribution in [0.2, 0.25) is 0 Å². The monoisotopic (exact) mass is 153 g/mol. The Kier molecular flexibility index (Phi) is 1.53. The minimum absolute atomic E-state index is 0.155. The molecule has 0 radical (unpaired) electrons. The molecule has 1 N–H and O–H groups in total. The number of hydrogen-bond acceptors (Lipinski definition) is 2. The summed E-state index contributed by atoms with van der Waals surface area (Å²) in [5.74, 6) is 0.625. The van der Waals surface area contributed by atoms with Crippen LogP contribution in [0.4, 0.5) is 0 Å². The minimum Gasteiger partial charge on any atom is -0.307 e. The lowest BCUT2D eigenvalue weighted by atomic mass is 9.80. The van der Waals surface area contributed by atoms with Crippen LogP contribution in [0.25, 0.3) is 0 Å². The van der Waals surface area contributed by atoms with E-state index in [0.717, 1.165) is 12.8 Å². The molecule has 0 bridgehead atoms. The molecule has 1 heterocycles. The van der Waals surface area contributed by atoms with Crippen molar-refractivity contribution in [1.29, 1.82) is 0 Å². The van der Waals surface area contributed by atoms with Crippen molar-refractivity contribution in [1.82, 2.24) is 5.32 Å². The predicted octanol–water partition coefficient (Wildman–Crippen LogP) is 0.964. The average molecular weight is 153 g/mol. The second-order valence-corrected chi connectivity index (χ2v) is 4.20. The first-order valence-corrected chi connectivity index (χ1v) is 4.45. The summed E-state index contributed by atoms with van der Waals surface area (Å²) in [5.41, 5.74) is 0.436. The molecule has 1 aliphatic carbocycles. The number of carbonyl (C=O) groups excluding carboxylic acids is 1. The van der Waals surface area contributed by atoms with Gasteiger partial charge in [0.2, 0.25) is 0 Å². The lowest BCUT2D eigenvalue weighted by Gasteiger charge is -2.22. The SMILES string of the molecule is CC12CCCC1C(C=O)NC2. The molecule has 0 aromatic rings. The van der Waals surface area contributed by atoms with Gasteiger partial charge in [-0.2, -0.15) is 0 Å². The van der Waals surface area contributed by atoms with Crippen LogP contribution < -0.4 is 5.32 Å². The van der Waals surface area contributed by atoms with E-state index in [9.17, 15) is 4.79 Å². The molecule has 2 fully saturated rings. The molecule has 3 atom stereocenters. The molecule has 1 saturated carbocycles. The maximum atomic E-state index is 10.6. The quantitative estimate of drug-likeness (QED) is 0.568. The molecular formula is C9H15NO. The van der Waals surface area contributed by atoms with E-state index >= 15 is 0 Å². The molecule has 11 heavy (non-hydrogen) atoms. The summed E-state index contributed by atoms with van der Waals surface area (Å²) in [6.07, 6.45) is 4.94. The van der Waals surface area contributed by atoms with Gasteiger partial charge in [-0.15, -0.1) is 0 Å². The van der Waals surface area contributed by atoms with E-state index in [1.807, 2.05) is 0 Å². The van der Waals surface area contributed by atoms with E-state index in [1.165, 1.54) is 19.3 Å². The van der Waals surface area contributed by atoms with Crippen LogP contribution in [0.15, 0.2) is 0 Å². The van der Waals surface area contributed by atoms with Gasteiger partial charge in [0.25, 0.3) is 0 Å². The molecule has 0 spiro atoms. The third-order valence-electron chi connectivity index (χ3n) is 3.48. The Morgan fingerprint density at radius 2 is 2.45 bits per heavy atom. The number of fused-ring (bicyclic) bond motifs is 1. The van der Waals surface area contributed by atoms with Crippen molar-refractivity contribution in [3.05, 3.63) is 0 Å². The van der Waals surface area contributed by atoms with Crippen molar-refractivity contribution < 1.29 is 4.79 Å². The third-order valence-corrected chi connectivity index (χ3v) is 3.48. The van der Waals surface area contributed by atoms with Crippen LogP contribution in [0.3, 0.4) is 0 Å². The number of aldehydes is 1. The van der Waals surface area contributed by atoms with Gasteiger partial charge < -0.3 is 10.1 Å². The maximum absolute atomic E-state index is 10.6. The van der Waals surface area contributed by atoms with Crippen molar-refractivity contribution in [3.8, 4) is 0 Å². The molecule has 2 rings (SSSR count). The summed E-state index contributed by atoms with van der Waals surface area (Å²) in [4.78, 5) is 10.6. The van der Waals surface area contributed by atoms with E-state index < -0.39 is 0 Å². The zero-order valence-corrected chi connectivity index (χ0v) is 6.97. The van der Waals surface area contributed by atoms with Crippen molar-refractivity contribution in [3.63, 3.8) is 0 Å². The summed E-state index contributed by atoms with van der Waals surface area (Å²) < 4.78 is 0. The number of nitrogens with one attached hydrogen (secondary N) is 1. The van der Waals surface area contributed by atoms with Crippen LogP contribution >= 0.6 is 0 Å². The van der Waals surface area contributed by atoms with Gasteiger partial charge in [0, 0.05) is 6.54 Å².